The highest BCUT2D eigenvalue weighted by Gasteiger charge is 2.31. The first-order valence-electron chi connectivity index (χ1n) is 12.9. The van der Waals surface area contributed by atoms with Crippen LogP contribution in [0.4, 0.5) is 13.2 Å². The van der Waals surface area contributed by atoms with Gasteiger partial charge in [-0.3, -0.25) is 4.79 Å². The standard InChI is InChI=1S/C28H36F3N3O3/c1-5-6-7-8-9-10-15-37-25(35)14-11-19-16-21(27(2,3)4)26(36)24(17-19)34-32-22-13-12-20(28(29,30)31)18-23(22)33-34/h12-13,16-18,36H,5-11,14-15H2,1-4H3. The van der Waals surface area contributed by atoms with Crippen LogP contribution in [0.1, 0.15) is 89.3 Å². The van der Waals surface area contributed by atoms with Crippen molar-refractivity contribution in [1.82, 2.24) is 15.0 Å². The first-order chi connectivity index (χ1) is 17.4. The van der Waals surface area contributed by atoms with E-state index in [1.807, 2.05) is 26.8 Å². The van der Waals surface area contributed by atoms with Crippen LogP contribution in [0.2, 0.25) is 0 Å². The van der Waals surface area contributed by atoms with Crippen molar-refractivity contribution in [2.24, 2.45) is 0 Å². The zero-order valence-corrected chi connectivity index (χ0v) is 22.0. The zero-order valence-electron chi connectivity index (χ0n) is 22.0. The topological polar surface area (TPSA) is 77.2 Å². The Morgan fingerprint density at radius 2 is 1.65 bits per heavy atom. The van der Waals surface area contributed by atoms with E-state index in [0.29, 0.717) is 18.6 Å². The number of ether oxygens (including phenoxy) is 1. The summed E-state index contributed by atoms with van der Waals surface area (Å²) in [5, 5.41) is 19.5. The van der Waals surface area contributed by atoms with Gasteiger partial charge in [0.2, 0.25) is 0 Å². The van der Waals surface area contributed by atoms with Crippen molar-refractivity contribution in [3.8, 4) is 11.4 Å². The van der Waals surface area contributed by atoms with Crippen LogP contribution < -0.4 is 0 Å². The smallest absolute Gasteiger partial charge is 0.416 e. The molecule has 3 aromatic rings. The number of hydrogen-bond acceptors (Lipinski definition) is 5. The molecule has 0 spiro atoms. The quantitative estimate of drug-likeness (QED) is 0.213. The molecule has 9 heteroatoms. The Morgan fingerprint density at radius 1 is 0.973 bits per heavy atom. The highest BCUT2D eigenvalue weighted by atomic mass is 19.4. The minimum Gasteiger partial charge on any atom is -0.505 e. The van der Waals surface area contributed by atoms with Crippen molar-refractivity contribution in [2.45, 2.75) is 90.7 Å². The van der Waals surface area contributed by atoms with Gasteiger partial charge in [0.1, 0.15) is 22.5 Å². The first-order valence-corrected chi connectivity index (χ1v) is 12.9. The number of unbranched alkanes of at least 4 members (excludes halogenated alkanes) is 5. The lowest BCUT2D eigenvalue weighted by Crippen LogP contribution is -2.14. The molecular formula is C28H36F3N3O3. The van der Waals surface area contributed by atoms with E-state index in [9.17, 15) is 23.1 Å². The number of aromatic nitrogens is 3. The summed E-state index contributed by atoms with van der Waals surface area (Å²) < 4.78 is 44.7. The number of fused-ring (bicyclic) bond motifs is 1. The highest BCUT2D eigenvalue weighted by Crippen LogP contribution is 2.37. The van der Waals surface area contributed by atoms with Crippen molar-refractivity contribution in [3.05, 3.63) is 47.0 Å². The molecule has 0 aliphatic rings. The third-order valence-corrected chi connectivity index (χ3v) is 6.26. The maximum Gasteiger partial charge on any atom is 0.416 e. The summed E-state index contributed by atoms with van der Waals surface area (Å²) in [5.74, 6) is -0.346. The molecule has 0 bridgehead atoms. The number of phenolic OH excluding ortho intramolecular Hbond substituents is 1. The number of alkyl halides is 3. The zero-order chi connectivity index (χ0) is 27.2. The van der Waals surface area contributed by atoms with Crippen LogP contribution in [-0.2, 0) is 27.5 Å². The SMILES string of the molecule is CCCCCCCCOC(=O)CCc1cc(-n2nc3ccc(C(F)(F)F)cc3n2)c(O)c(C(C)(C)C)c1. The lowest BCUT2D eigenvalue weighted by molar-refractivity contribution is -0.143. The van der Waals surface area contributed by atoms with Crippen LogP contribution >= 0.6 is 0 Å². The summed E-state index contributed by atoms with van der Waals surface area (Å²) in [5.41, 5.74) is 0.712. The molecule has 2 aromatic carbocycles. The third-order valence-electron chi connectivity index (χ3n) is 6.26. The number of nitrogens with zero attached hydrogens (tertiary/aromatic N) is 3. The molecule has 37 heavy (non-hydrogen) atoms. The molecule has 0 aliphatic heterocycles. The molecule has 1 N–H and O–H groups in total. The normalized spacial score (nSPS) is 12.3. The van der Waals surface area contributed by atoms with Crippen molar-refractivity contribution in [2.75, 3.05) is 6.61 Å². The molecule has 0 amide bonds. The van der Waals surface area contributed by atoms with E-state index in [0.717, 1.165) is 41.8 Å². The van der Waals surface area contributed by atoms with E-state index in [1.54, 1.807) is 6.07 Å². The molecule has 1 heterocycles. The van der Waals surface area contributed by atoms with Crippen LogP contribution in [0, 0.1) is 0 Å². The van der Waals surface area contributed by atoms with E-state index in [4.69, 9.17) is 4.74 Å². The second-order valence-electron chi connectivity index (χ2n) is 10.4. The van der Waals surface area contributed by atoms with Gasteiger partial charge < -0.3 is 9.84 Å². The minimum atomic E-state index is -4.50. The number of aromatic hydroxyl groups is 1. The maximum atomic E-state index is 13.1. The van der Waals surface area contributed by atoms with Crippen molar-refractivity contribution in [1.29, 1.82) is 0 Å². The largest absolute Gasteiger partial charge is 0.505 e. The predicted octanol–water partition coefficient (Wildman–Crippen LogP) is 7.28. The number of hydrogen-bond donors (Lipinski definition) is 1. The molecule has 6 nitrogen and oxygen atoms in total. The lowest BCUT2D eigenvalue weighted by atomic mass is 9.84. The Hall–Kier alpha value is -3.10. The fraction of sp³-hybridized carbons (Fsp3) is 0.536. The van der Waals surface area contributed by atoms with Gasteiger partial charge in [-0.2, -0.15) is 13.2 Å². The number of phenols is 1. The van der Waals surface area contributed by atoms with E-state index in [1.165, 1.54) is 25.3 Å². The van der Waals surface area contributed by atoms with Gasteiger partial charge in [-0.1, -0.05) is 65.9 Å². The van der Waals surface area contributed by atoms with Gasteiger partial charge in [-0.05, 0) is 48.1 Å². The Morgan fingerprint density at radius 3 is 2.32 bits per heavy atom. The summed E-state index contributed by atoms with van der Waals surface area (Å²) in [7, 11) is 0. The Kier molecular flexibility index (Phi) is 9.21. The monoisotopic (exact) mass is 519 g/mol. The Balaban J connectivity index is 1.77. The lowest BCUT2D eigenvalue weighted by Gasteiger charge is -2.23. The second kappa shape index (κ2) is 12.0. The van der Waals surface area contributed by atoms with Gasteiger partial charge >= 0.3 is 12.1 Å². The number of halogens is 3. The molecule has 0 radical (unpaired) electrons. The van der Waals surface area contributed by atoms with E-state index < -0.39 is 17.2 Å². The average Bonchev–Trinajstić information content (AvgIpc) is 3.24. The molecule has 0 unspecified atom stereocenters. The number of esters is 1. The van der Waals surface area contributed by atoms with E-state index in [-0.39, 0.29) is 34.9 Å². The van der Waals surface area contributed by atoms with Crippen LogP contribution in [0.15, 0.2) is 30.3 Å². The molecule has 0 saturated heterocycles. The Labute approximate surface area is 215 Å². The molecule has 0 atom stereocenters. The molecule has 3 rings (SSSR count). The van der Waals surface area contributed by atoms with Gasteiger partial charge in [0.25, 0.3) is 0 Å². The van der Waals surface area contributed by atoms with Crippen LogP contribution in [0.3, 0.4) is 0 Å². The predicted molar refractivity (Wildman–Crippen MR) is 137 cm³/mol. The maximum absolute atomic E-state index is 13.1. The highest BCUT2D eigenvalue weighted by molar-refractivity contribution is 5.75. The minimum absolute atomic E-state index is 0.0572. The fourth-order valence-corrected chi connectivity index (χ4v) is 4.13. The number of carbonyl (C=O) groups excluding carboxylic acids is 1. The molecule has 0 fully saturated rings. The Bertz CT molecular complexity index is 1210. The second-order valence-corrected chi connectivity index (χ2v) is 10.4. The summed E-state index contributed by atoms with van der Waals surface area (Å²) in [4.78, 5) is 13.4. The summed E-state index contributed by atoms with van der Waals surface area (Å²) in [6.07, 6.45) is 2.71. The third kappa shape index (κ3) is 7.69. The summed E-state index contributed by atoms with van der Waals surface area (Å²) in [6.45, 7) is 8.39. The number of aryl methyl sites for hydroxylation is 1. The van der Waals surface area contributed by atoms with Gasteiger partial charge in [-0.15, -0.1) is 15.0 Å². The fourth-order valence-electron chi connectivity index (χ4n) is 4.13. The number of benzene rings is 2. The van der Waals surface area contributed by atoms with E-state index in [2.05, 4.69) is 17.1 Å². The molecular weight excluding hydrogens is 483 g/mol. The van der Waals surface area contributed by atoms with Crippen molar-refractivity contribution in [3.63, 3.8) is 0 Å². The molecule has 0 aliphatic carbocycles. The first kappa shape index (κ1) is 28.5. The van der Waals surface area contributed by atoms with Gasteiger partial charge in [0, 0.05) is 12.0 Å². The van der Waals surface area contributed by atoms with Crippen LogP contribution in [0.25, 0.3) is 16.7 Å². The van der Waals surface area contributed by atoms with Gasteiger partial charge in [0.15, 0.2) is 0 Å². The number of carbonyl (C=O) groups is 1. The van der Waals surface area contributed by atoms with Crippen LogP contribution in [-0.4, -0.2) is 32.7 Å². The number of rotatable bonds is 11. The van der Waals surface area contributed by atoms with Gasteiger partial charge in [0.05, 0.1) is 12.2 Å². The van der Waals surface area contributed by atoms with E-state index >= 15 is 0 Å². The van der Waals surface area contributed by atoms with Crippen molar-refractivity contribution < 1.29 is 27.8 Å². The van der Waals surface area contributed by atoms with Gasteiger partial charge in [-0.25, -0.2) is 0 Å². The molecule has 0 saturated carbocycles. The average molecular weight is 520 g/mol. The van der Waals surface area contributed by atoms with Crippen LogP contribution in [0.5, 0.6) is 5.75 Å². The summed E-state index contributed by atoms with van der Waals surface area (Å²) in [6, 6.07) is 6.65. The van der Waals surface area contributed by atoms with Crippen molar-refractivity contribution >= 4 is 17.0 Å². The molecule has 202 valence electrons. The summed E-state index contributed by atoms with van der Waals surface area (Å²) >= 11 is 0. The molecule has 1 aromatic heterocycles.